The number of halogens is 2. The van der Waals surface area contributed by atoms with Crippen LogP contribution in [0.15, 0.2) is 28.7 Å². The van der Waals surface area contributed by atoms with Crippen LogP contribution in [0.2, 0.25) is 0 Å². The van der Waals surface area contributed by atoms with Gasteiger partial charge in [0.15, 0.2) is 11.6 Å². The molecule has 0 atom stereocenters. The van der Waals surface area contributed by atoms with Crippen LogP contribution < -0.4 is 10.1 Å². The first-order valence-corrected chi connectivity index (χ1v) is 6.85. The minimum atomic E-state index is -0.972. The van der Waals surface area contributed by atoms with E-state index in [-0.39, 0.29) is 12.4 Å². The van der Waals surface area contributed by atoms with Crippen LogP contribution in [-0.2, 0) is 13.2 Å². The molecule has 0 aliphatic heterocycles. The molecule has 0 saturated heterocycles. The summed E-state index contributed by atoms with van der Waals surface area (Å²) in [5.74, 6) is -0.483. The summed E-state index contributed by atoms with van der Waals surface area (Å²) in [7, 11) is 0. The second-order valence-electron chi connectivity index (χ2n) is 5.17. The van der Waals surface area contributed by atoms with Crippen molar-refractivity contribution in [3.05, 3.63) is 53.0 Å². The molecule has 0 unspecified atom stereocenters. The predicted molar refractivity (Wildman–Crippen MR) is 76.1 cm³/mol. The number of hydrogen-bond acceptors (Lipinski definition) is 3. The van der Waals surface area contributed by atoms with Crippen LogP contribution in [0.1, 0.15) is 30.9 Å². The van der Waals surface area contributed by atoms with Gasteiger partial charge in [0.1, 0.15) is 18.1 Å². The molecule has 1 N–H and O–H groups in total. The Balaban J connectivity index is 2.01. The van der Waals surface area contributed by atoms with E-state index in [1.54, 1.807) is 0 Å². The number of aryl methyl sites for hydroxylation is 1. The van der Waals surface area contributed by atoms with Gasteiger partial charge in [-0.15, -0.1) is 0 Å². The highest BCUT2D eigenvalue weighted by atomic mass is 19.2. The Bertz CT molecular complexity index is 608. The van der Waals surface area contributed by atoms with Crippen LogP contribution >= 0.6 is 0 Å². The quantitative estimate of drug-likeness (QED) is 0.876. The highest BCUT2D eigenvalue weighted by molar-refractivity contribution is 5.26. The van der Waals surface area contributed by atoms with E-state index < -0.39 is 11.6 Å². The van der Waals surface area contributed by atoms with Gasteiger partial charge < -0.3 is 14.5 Å². The molecule has 0 aliphatic carbocycles. The lowest BCUT2D eigenvalue weighted by Crippen LogP contribution is -2.21. The van der Waals surface area contributed by atoms with Gasteiger partial charge in [-0.2, -0.15) is 4.39 Å². The number of rotatable bonds is 6. The zero-order valence-electron chi connectivity index (χ0n) is 12.4. The van der Waals surface area contributed by atoms with Gasteiger partial charge in [0, 0.05) is 11.6 Å². The molecule has 21 heavy (non-hydrogen) atoms. The van der Waals surface area contributed by atoms with Crippen molar-refractivity contribution >= 4 is 0 Å². The van der Waals surface area contributed by atoms with Crippen LogP contribution in [-0.4, -0.2) is 6.04 Å². The summed E-state index contributed by atoms with van der Waals surface area (Å²) in [6, 6.07) is 6.09. The summed E-state index contributed by atoms with van der Waals surface area (Å²) >= 11 is 0. The number of ether oxygens (including phenoxy) is 1. The second-order valence-corrected chi connectivity index (χ2v) is 5.17. The van der Waals surface area contributed by atoms with Gasteiger partial charge >= 0.3 is 0 Å². The zero-order valence-corrected chi connectivity index (χ0v) is 12.4. The summed E-state index contributed by atoms with van der Waals surface area (Å²) < 4.78 is 37.5. The monoisotopic (exact) mass is 295 g/mol. The maximum absolute atomic E-state index is 13.5. The third-order valence-corrected chi connectivity index (χ3v) is 3.06. The Kier molecular flexibility index (Phi) is 4.96. The average molecular weight is 295 g/mol. The van der Waals surface area contributed by atoms with Gasteiger partial charge in [0.2, 0.25) is 5.82 Å². The fraction of sp³-hybridized carbons (Fsp3) is 0.375. The Morgan fingerprint density at radius 2 is 2.05 bits per heavy atom. The first kappa shape index (κ1) is 15.5. The molecule has 2 rings (SSSR count). The fourth-order valence-electron chi connectivity index (χ4n) is 1.87. The van der Waals surface area contributed by atoms with Crippen LogP contribution in [0.4, 0.5) is 8.78 Å². The molecule has 0 spiro atoms. The maximum atomic E-state index is 13.5. The molecule has 0 radical (unpaired) electrons. The molecule has 1 heterocycles. The van der Waals surface area contributed by atoms with E-state index >= 15 is 0 Å². The predicted octanol–water partition coefficient (Wildman–Crippen LogP) is 3.94. The molecular weight excluding hydrogens is 276 g/mol. The number of nitrogens with one attached hydrogen (secondary N) is 1. The Morgan fingerprint density at radius 1 is 1.29 bits per heavy atom. The van der Waals surface area contributed by atoms with Crippen molar-refractivity contribution in [1.82, 2.24) is 5.32 Å². The van der Waals surface area contributed by atoms with Gasteiger partial charge in [-0.3, -0.25) is 0 Å². The van der Waals surface area contributed by atoms with Crippen molar-refractivity contribution in [2.45, 2.75) is 40.0 Å². The first-order chi connectivity index (χ1) is 9.97. The molecule has 1 aromatic carbocycles. The fourth-order valence-corrected chi connectivity index (χ4v) is 1.87. The van der Waals surface area contributed by atoms with Crippen molar-refractivity contribution < 1.29 is 17.9 Å². The van der Waals surface area contributed by atoms with Gasteiger partial charge in [-0.1, -0.05) is 19.9 Å². The lowest BCUT2D eigenvalue weighted by atomic mass is 10.2. The van der Waals surface area contributed by atoms with Crippen LogP contribution in [0.5, 0.6) is 5.75 Å². The summed E-state index contributed by atoms with van der Waals surface area (Å²) in [4.78, 5) is 0. The van der Waals surface area contributed by atoms with Gasteiger partial charge in [0.05, 0.1) is 6.54 Å². The van der Waals surface area contributed by atoms with Crippen molar-refractivity contribution in [1.29, 1.82) is 0 Å². The molecule has 3 nitrogen and oxygen atoms in total. The van der Waals surface area contributed by atoms with E-state index in [1.165, 1.54) is 12.1 Å². The van der Waals surface area contributed by atoms with Crippen molar-refractivity contribution in [2.24, 2.45) is 0 Å². The van der Waals surface area contributed by atoms with E-state index in [2.05, 4.69) is 5.32 Å². The van der Waals surface area contributed by atoms with E-state index in [1.807, 2.05) is 26.8 Å². The van der Waals surface area contributed by atoms with E-state index in [9.17, 15) is 8.78 Å². The average Bonchev–Trinajstić information content (AvgIpc) is 2.79. The van der Waals surface area contributed by atoms with Crippen LogP contribution in [0.3, 0.4) is 0 Å². The standard InChI is InChI=1S/C16H19F2NO2/c1-10(2)19-8-13-7-12(11(3)21-13)9-20-15-6-4-5-14(17)16(15)18/h4-7,10,19H,8-9H2,1-3H3. The molecular formula is C16H19F2NO2. The summed E-state index contributed by atoms with van der Waals surface area (Å²) in [5.41, 5.74) is 0.819. The molecule has 114 valence electrons. The zero-order chi connectivity index (χ0) is 15.4. The topological polar surface area (TPSA) is 34.4 Å². The Labute approximate surface area is 122 Å². The number of hydrogen-bond donors (Lipinski definition) is 1. The second kappa shape index (κ2) is 6.72. The SMILES string of the molecule is Cc1oc(CNC(C)C)cc1COc1cccc(F)c1F. The molecule has 0 fully saturated rings. The lowest BCUT2D eigenvalue weighted by Gasteiger charge is -2.06. The third kappa shape index (κ3) is 4.04. The number of benzene rings is 1. The summed E-state index contributed by atoms with van der Waals surface area (Å²) in [5, 5.41) is 3.25. The highest BCUT2D eigenvalue weighted by Gasteiger charge is 2.12. The van der Waals surface area contributed by atoms with Crippen molar-refractivity contribution in [3.8, 4) is 5.75 Å². The van der Waals surface area contributed by atoms with Gasteiger partial charge in [0.25, 0.3) is 0 Å². The van der Waals surface area contributed by atoms with Gasteiger partial charge in [-0.05, 0) is 25.1 Å². The molecule has 0 bridgehead atoms. The molecule has 0 aliphatic rings. The third-order valence-electron chi connectivity index (χ3n) is 3.06. The lowest BCUT2D eigenvalue weighted by molar-refractivity contribution is 0.282. The molecule has 5 heteroatoms. The summed E-state index contributed by atoms with van der Waals surface area (Å²) in [6.45, 7) is 6.67. The van der Waals surface area contributed by atoms with E-state index in [4.69, 9.17) is 9.15 Å². The normalized spacial score (nSPS) is 11.1. The molecule has 0 amide bonds. The van der Waals surface area contributed by atoms with E-state index in [0.29, 0.717) is 18.3 Å². The van der Waals surface area contributed by atoms with Crippen LogP contribution in [0.25, 0.3) is 0 Å². The van der Waals surface area contributed by atoms with Crippen LogP contribution in [0, 0.1) is 18.6 Å². The maximum Gasteiger partial charge on any atom is 0.200 e. The first-order valence-electron chi connectivity index (χ1n) is 6.85. The van der Waals surface area contributed by atoms with Crippen molar-refractivity contribution in [3.63, 3.8) is 0 Å². The number of furan rings is 1. The summed E-state index contributed by atoms with van der Waals surface area (Å²) in [6.07, 6.45) is 0. The molecule has 0 saturated carbocycles. The Hall–Kier alpha value is -1.88. The van der Waals surface area contributed by atoms with Crippen molar-refractivity contribution in [2.75, 3.05) is 0 Å². The Morgan fingerprint density at radius 3 is 2.76 bits per heavy atom. The minimum Gasteiger partial charge on any atom is -0.486 e. The smallest absolute Gasteiger partial charge is 0.200 e. The molecule has 1 aromatic heterocycles. The largest absolute Gasteiger partial charge is 0.486 e. The van der Waals surface area contributed by atoms with E-state index in [0.717, 1.165) is 17.4 Å². The van der Waals surface area contributed by atoms with Gasteiger partial charge in [-0.25, -0.2) is 4.39 Å². The minimum absolute atomic E-state index is 0.0996. The highest BCUT2D eigenvalue weighted by Crippen LogP contribution is 2.22. The molecule has 2 aromatic rings.